The van der Waals surface area contributed by atoms with E-state index in [2.05, 4.69) is 43.9 Å². The Morgan fingerprint density at radius 3 is 2.71 bits per heavy atom. The lowest BCUT2D eigenvalue weighted by Crippen LogP contribution is -2.41. The van der Waals surface area contributed by atoms with E-state index in [0.29, 0.717) is 19.5 Å². The number of hydrogen-bond acceptors (Lipinski definition) is 3. The molecule has 1 aliphatic heterocycles. The monoisotopic (exact) mass is 290 g/mol. The highest BCUT2D eigenvalue weighted by Crippen LogP contribution is 2.21. The van der Waals surface area contributed by atoms with Crippen LogP contribution in [0.1, 0.15) is 30.9 Å². The quantitative estimate of drug-likeness (QED) is 0.872. The Morgan fingerprint density at radius 2 is 2.14 bits per heavy atom. The highest BCUT2D eigenvalue weighted by atomic mass is 16.3. The second-order valence-corrected chi connectivity index (χ2v) is 5.93. The molecular weight excluding hydrogens is 264 g/mol. The van der Waals surface area contributed by atoms with Gasteiger partial charge in [0.05, 0.1) is 6.10 Å². The summed E-state index contributed by atoms with van der Waals surface area (Å²) in [6, 6.07) is 6.37. The second-order valence-electron chi connectivity index (χ2n) is 5.93. The van der Waals surface area contributed by atoms with Gasteiger partial charge in [-0.15, -0.1) is 0 Å². The summed E-state index contributed by atoms with van der Waals surface area (Å²) in [6.07, 6.45) is 1.04. The SMILES string of the molecule is CCN(CC(O)CN1CCCC1=O)c1ccc(C)cc1C. The van der Waals surface area contributed by atoms with Gasteiger partial charge in [0.2, 0.25) is 5.91 Å². The predicted molar refractivity (Wildman–Crippen MR) is 85.6 cm³/mol. The number of carbonyl (C=O) groups is 1. The fraction of sp³-hybridized carbons (Fsp3) is 0.588. The highest BCUT2D eigenvalue weighted by Gasteiger charge is 2.23. The molecule has 1 atom stereocenters. The summed E-state index contributed by atoms with van der Waals surface area (Å²) in [5.74, 6) is 0.170. The van der Waals surface area contributed by atoms with Gasteiger partial charge >= 0.3 is 0 Å². The lowest BCUT2D eigenvalue weighted by molar-refractivity contribution is -0.128. The molecule has 0 saturated carbocycles. The largest absolute Gasteiger partial charge is 0.389 e. The van der Waals surface area contributed by atoms with Crippen molar-refractivity contribution in [3.05, 3.63) is 29.3 Å². The molecule has 1 amide bonds. The van der Waals surface area contributed by atoms with Crippen LogP contribution in [0.3, 0.4) is 0 Å². The Kier molecular flexibility index (Phi) is 5.23. The van der Waals surface area contributed by atoms with Crippen molar-refractivity contribution in [2.45, 2.75) is 39.7 Å². The first kappa shape index (κ1) is 15.8. The molecular formula is C17H26N2O2. The normalized spacial score (nSPS) is 16.4. The molecule has 4 nitrogen and oxygen atoms in total. The maximum Gasteiger partial charge on any atom is 0.222 e. The van der Waals surface area contributed by atoms with Crippen LogP contribution in [0.5, 0.6) is 0 Å². The number of aliphatic hydroxyl groups excluding tert-OH is 1. The summed E-state index contributed by atoms with van der Waals surface area (Å²) in [4.78, 5) is 15.6. The molecule has 2 rings (SSSR count). The van der Waals surface area contributed by atoms with E-state index in [1.807, 2.05) is 0 Å². The van der Waals surface area contributed by atoms with Gasteiger partial charge in [0.25, 0.3) is 0 Å². The standard InChI is InChI=1S/C17H26N2O2/c1-4-18(16-8-7-13(2)10-14(16)3)11-15(20)12-19-9-5-6-17(19)21/h7-8,10,15,20H,4-6,9,11-12H2,1-3H3. The Bertz CT molecular complexity index is 502. The van der Waals surface area contributed by atoms with Gasteiger partial charge in [-0.05, 0) is 38.8 Å². The van der Waals surface area contributed by atoms with Gasteiger partial charge in [-0.25, -0.2) is 0 Å². The zero-order chi connectivity index (χ0) is 15.4. The average Bonchev–Trinajstić information content (AvgIpc) is 2.82. The maximum absolute atomic E-state index is 11.6. The van der Waals surface area contributed by atoms with Crippen molar-refractivity contribution >= 4 is 11.6 Å². The summed E-state index contributed by atoms with van der Waals surface area (Å²) >= 11 is 0. The number of carbonyl (C=O) groups excluding carboxylic acids is 1. The zero-order valence-corrected chi connectivity index (χ0v) is 13.3. The first-order valence-electron chi connectivity index (χ1n) is 7.79. The number of aryl methyl sites for hydroxylation is 2. The van der Waals surface area contributed by atoms with Crippen LogP contribution in [0.4, 0.5) is 5.69 Å². The van der Waals surface area contributed by atoms with E-state index in [4.69, 9.17) is 0 Å². The Labute approximate surface area is 127 Å². The van der Waals surface area contributed by atoms with Crippen molar-refractivity contribution in [3.8, 4) is 0 Å². The molecule has 0 spiro atoms. The van der Waals surface area contributed by atoms with Gasteiger partial charge < -0.3 is 14.9 Å². The smallest absolute Gasteiger partial charge is 0.222 e. The van der Waals surface area contributed by atoms with E-state index in [0.717, 1.165) is 25.2 Å². The topological polar surface area (TPSA) is 43.8 Å². The summed E-state index contributed by atoms with van der Waals surface area (Å²) in [5.41, 5.74) is 3.63. The lowest BCUT2D eigenvalue weighted by atomic mass is 10.1. The van der Waals surface area contributed by atoms with Gasteiger partial charge in [0.15, 0.2) is 0 Å². The molecule has 1 N–H and O–H groups in total. The van der Waals surface area contributed by atoms with Crippen molar-refractivity contribution in [2.75, 3.05) is 31.1 Å². The minimum atomic E-state index is -0.507. The van der Waals surface area contributed by atoms with E-state index in [1.54, 1.807) is 4.90 Å². The fourth-order valence-corrected chi connectivity index (χ4v) is 3.02. The number of rotatable bonds is 6. The van der Waals surface area contributed by atoms with Crippen LogP contribution >= 0.6 is 0 Å². The van der Waals surface area contributed by atoms with Crippen LogP contribution in [0.25, 0.3) is 0 Å². The molecule has 0 bridgehead atoms. The third-order valence-corrected chi connectivity index (χ3v) is 4.11. The van der Waals surface area contributed by atoms with Crippen LogP contribution in [-0.2, 0) is 4.79 Å². The van der Waals surface area contributed by atoms with Crippen LogP contribution in [-0.4, -0.2) is 48.2 Å². The van der Waals surface area contributed by atoms with Crippen LogP contribution < -0.4 is 4.90 Å². The van der Waals surface area contributed by atoms with E-state index in [-0.39, 0.29) is 5.91 Å². The van der Waals surface area contributed by atoms with E-state index in [1.165, 1.54) is 11.1 Å². The summed E-state index contributed by atoms with van der Waals surface area (Å²) in [5, 5.41) is 10.3. The number of β-amino-alcohol motifs (C(OH)–C–C–N with tert-alkyl or cyclic N) is 1. The molecule has 1 saturated heterocycles. The Hall–Kier alpha value is -1.55. The molecule has 0 aliphatic carbocycles. The molecule has 1 fully saturated rings. The minimum Gasteiger partial charge on any atom is -0.389 e. The summed E-state index contributed by atoms with van der Waals surface area (Å²) < 4.78 is 0. The van der Waals surface area contributed by atoms with Crippen LogP contribution in [0.2, 0.25) is 0 Å². The second kappa shape index (κ2) is 6.94. The first-order valence-corrected chi connectivity index (χ1v) is 7.79. The van der Waals surface area contributed by atoms with Gasteiger partial charge in [-0.2, -0.15) is 0 Å². The number of benzene rings is 1. The van der Waals surface area contributed by atoms with Gasteiger partial charge in [-0.3, -0.25) is 4.79 Å². The van der Waals surface area contributed by atoms with E-state index < -0.39 is 6.10 Å². The average molecular weight is 290 g/mol. The summed E-state index contributed by atoms with van der Waals surface area (Å²) in [7, 11) is 0. The van der Waals surface area contributed by atoms with Crippen LogP contribution in [0.15, 0.2) is 18.2 Å². The van der Waals surface area contributed by atoms with Crippen molar-refractivity contribution in [1.82, 2.24) is 4.90 Å². The first-order chi connectivity index (χ1) is 10.0. The number of anilines is 1. The van der Waals surface area contributed by atoms with E-state index in [9.17, 15) is 9.90 Å². The van der Waals surface area contributed by atoms with Gasteiger partial charge in [0, 0.05) is 38.3 Å². The molecule has 1 aromatic rings. The molecule has 4 heteroatoms. The molecule has 21 heavy (non-hydrogen) atoms. The molecule has 1 heterocycles. The Balaban J connectivity index is 1.99. The third-order valence-electron chi connectivity index (χ3n) is 4.11. The van der Waals surface area contributed by atoms with Gasteiger partial charge in [0.1, 0.15) is 0 Å². The molecule has 0 aromatic heterocycles. The minimum absolute atomic E-state index is 0.170. The summed E-state index contributed by atoms with van der Waals surface area (Å²) in [6.45, 7) is 8.90. The molecule has 1 aliphatic rings. The third kappa shape index (κ3) is 3.97. The number of likely N-dealkylation sites (N-methyl/N-ethyl adjacent to an activating group) is 1. The van der Waals surface area contributed by atoms with E-state index >= 15 is 0 Å². The number of hydrogen-bond donors (Lipinski definition) is 1. The van der Waals surface area contributed by atoms with Crippen molar-refractivity contribution in [2.24, 2.45) is 0 Å². The number of likely N-dealkylation sites (tertiary alicyclic amines) is 1. The lowest BCUT2D eigenvalue weighted by Gasteiger charge is -2.29. The number of amides is 1. The number of aliphatic hydroxyl groups is 1. The van der Waals surface area contributed by atoms with Crippen LogP contribution in [0, 0.1) is 13.8 Å². The fourth-order valence-electron chi connectivity index (χ4n) is 3.02. The highest BCUT2D eigenvalue weighted by molar-refractivity contribution is 5.78. The maximum atomic E-state index is 11.6. The number of nitrogens with zero attached hydrogens (tertiary/aromatic N) is 2. The van der Waals surface area contributed by atoms with Gasteiger partial charge in [-0.1, -0.05) is 17.7 Å². The Morgan fingerprint density at radius 1 is 1.38 bits per heavy atom. The zero-order valence-electron chi connectivity index (χ0n) is 13.3. The molecule has 1 aromatic carbocycles. The molecule has 116 valence electrons. The van der Waals surface area contributed by atoms with Crippen molar-refractivity contribution in [3.63, 3.8) is 0 Å². The van der Waals surface area contributed by atoms with Crippen molar-refractivity contribution < 1.29 is 9.90 Å². The predicted octanol–water partition coefficient (Wildman–Crippen LogP) is 2.11. The molecule has 1 unspecified atom stereocenters. The molecule has 0 radical (unpaired) electrons. The van der Waals surface area contributed by atoms with Crippen molar-refractivity contribution in [1.29, 1.82) is 0 Å².